The zero-order valence-electron chi connectivity index (χ0n) is 10.8. The molecule has 1 unspecified atom stereocenters. The quantitative estimate of drug-likeness (QED) is 0.916. The summed E-state index contributed by atoms with van der Waals surface area (Å²) in [5.41, 5.74) is 0.987. The van der Waals surface area contributed by atoms with Gasteiger partial charge in [0.15, 0.2) is 0 Å². The van der Waals surface area contributed by atoms with Crippen LogP contribution in [-0.4, -0.2) is 16.7 Å². The molecule has 0 bridgehead atoms. The van der Waals surface area contributed by atoms with Crippen LogP contribution in [0.2, 0.25) is 10.0 Å². The fraction of sp³-hybridized carbons (Fsp3) is 0.385. The monoisotopic (exact) mass is 299 g/mol. The molecule has 1 aromatic heterocycles. The summed E-state index contributed by atoms with van der Waals surface area (Å²) in [4.78, 5) is 0. The summed E-state index contributed by atoms with van der Waals surface area (Å²) < 4.78 is 5.61. The van der Waals surface area contributed by atoms with E-state index in [0.717, 1.165) is 12.1 Å². The number of aromatic nitrogens is 2. The Bertz CT molecular complexity index is 557. The summed E-state index contributed by atoms with van der Waals surface area (Å²) in [7, 11) is 0. The van der Waals surface area contributed by atoms with Gasteiger partial charge >= 0.3 is 0 Å². The average molecular weight is 300 g/mol. The molecule has 0 aliphatic rings. The minimum absolute atomic E-state index is 0.0556. The molecule has 0 saturated carbocycles. The van der Waals surface area contributed by atoms with E-state index in [1.54, 1.807) is 6.07 Å². The third kappa shape index (κ3) is 3.69. The second-order valence-electron chi connectivity index (χ2n) is 4.24. The van der Waals surface area contributed by atoms with E-state index < -0.39 is 0 Å². The standard InChI is InChI=1S/C13H15Cl2N3O/c1-3-16-8(2)13-18-17-12(19-13)7-9-4-5-10(14)11(15)6-9/h4-6,8,16H,3,7H2,1-2H3. The maximum Gasteiger partial charge on any atom is 0.233 e. The zero-order chi connectivity index (χ0) is 13.8. The lowest BCUT2D eigenvalue weighted by Crippen LogP contribution is -2.17. The molecule has 1 atom stereocenters. The zero-order valence-corrected chi connectivity index (χ0v) is 12.3. The molecule has 1 N–H and O–H groups in total. The third-order valence-electron chi connectivity index (χ3n) is 2.70. The highest BCUT2D eigenvalue weighted by molar-refractivity contribution is 6.42. The molecular formula is C13H15Cl2N3O. The smallest absolute Gasteiger partial charge is 0.233 e. The van der Waals surface area contributed by atoms with Crippen molar-refractivity contribution in [2.45, 2.75) is 26.3 Å². The predicted octanol–water partition coefficient (Wildman–Crippen LogP) is 3.64. The number of rotatable bonds is 5. The molecule has 0 aliphatic heterocycles. The van der Waals surface area contributed by atoms with Crippen molar-refractivity contribution in [1.82, 2.24) is 15.5 Å². The topological polar surface area (TPSA) is 51.0 Å². The van der Waals surface area contributed by atoms with Gasteiger partial charge in [0.25, 0.3) is 0 Å². The van der Waals surface area contributed by atoms with Crippen LogP contribution in [0, 0.1) is 0 Å². The van der Waals surface area contributed by atoms with Gasteiger partial charge in [-0.1, -0.05) is 36.2 Å². The van der Waals surface area contributed by atoms with Crippen LogP contribution >= 0.6 is 23.2 Å². The summed E-state index contributed by atoms with van der Waals surface area (Å²) in [5.74, 6) is 1.16. The molecule has 4 nitrogen and oxygen atoms in total. The molecule has 1 heterocycles. The molecule has 0 radical (unpaired) electrons. The Labute approximate surface area is 122 Å². The van der Waals surface area contributed by atoms with Crippen LogP contribution in [0.3, 0.4) is 0 Å². The molecule has 0 saturated heterocycles. The lowest BCUT2D eigenvalue weighted by Gasteiger charge is -2.05. The molecule has 2 rings (SSSR count). The first-order valence-corrected chi connectivity index (χ1v) is 6.85. The van der Waals surface area contributed by atoms with Gasteiger partial charge in [-0.25, -0.2) is 0 Å². The van der Waals surface area contributed by atoms with Gasteiger partial charge in [0, 0.05) is 0 Å². The van der Waals surface area contributed by atoms with Gasteiger partial charge in [0.05, 0.1) is 22.5 Å². The average Bonchev–Trinajstić information content (AvgIpc) is 2.83. The fourth-order valence-corrected chi connectivity index (χ4v) is 2.05. The van der Waals surface area contributed by atoms with Gasteiger partial charge < -0.3 is 9.73 Å². The van der Waals surface area contributed by atoms with E-state index >= 15 is 0 Å². The molecule has 0 fully saturated rings. The number of hydrogen-bond donors (Lipinski definition) is 1. The number of nitrogens with one attached hydrogen (secondary N) is 1. The first-order chi connectivity index (χ1) is 9.10. The van der Waals surface area contributed by atoms with Crippen molar-refractivity contribution in [3.8, 4) is 0 Å². The van der Waals surface area contributed by atoms with Crippen LogP contribution in [0.4, 0.5) is 0 Å². The third-order valence-corrected chi connectivity index (χ3v) is 3.44. The SMILES string of the molecule is CCNC(C)c1nnc(Cc2ccc(Cl)c(Cl)c2)o1. The first kappa shape index (κ1) is 14.3. The second-order valence-corrected chi connectivity index (χ2v) is 5.05. The Hall–Kier alpha value is -1.10. The van der Waals surface area contributed by atoms with Gasteiger partial charge in [-0.2, -0.15) is 0 Å². The van der Waals surface area contributed by atoms with Gasteiger partial charge in [-0.05, 0) is 31.2 Å². The lowest BCUT2D eigenvalue weighted by molar-refractivity contribution is 0.401. The summed E-state index contributed by atoms with van der Waals surface area (Å²) in [5, 5.41) is 12.4. The summed E-state index contributed by atoms with van der Waals surface area (Å²) in [6.07, 6.45) is 0.544. The van der Waals surface area contributed by atoms with Gasteiger partial charge in [0.2, 0.25) is 11.8 Å². The van der Waals surface area contributed by atoms with Gasteiger partial charge in [-0.15, -0.1) is 10.2 Å². The van der Waals surface area contributed by atoms with Crippen molar-refractivity contribution in [1.29, 1.82) is 0 Å². The van der Waals surface area contributed by atoms with Crippen LogP contribution in [-0.2, 0) is 6.42 Å². The van der Waals surface area contributed by atoms with Gasteiger partial charge in [0.1, 0.15) is 0 Å². The lowest BCUT2D eigenvalue weighted by atomic mass is 10.1. The van der Waals surface area contributed by atoms with E-state index in [0.29, 0.717) is 28.2 Å². The summed E-state index contributed by atoms with van der Waals surface area (Å²) in [6.45, 7) is 4.87. The highest BCUT2D eigenvalue weighted by Crippen LogP contribution is 2.24. The molecule has 0 spiro atoms. The number of halogens is 2. The van der Waals surface area contributed by atoms with Crippen molar-refractivity contribution in [3.63, 3.8) is 0 Å². The van der Waals surface area contributed by atoms with Crippen molar-refractivity contribution >= 4 is 23.2 Å². The molecule has 6 heteroatoms. The van der Waals surface area contributed by atoms with E-state index in [2.05, 4.69) is 15.5 Å². The Morgan fingerprint density at radius 2 is 2.05 bits per heavy atom. The minimum atomic E-state index is 0.0556. The fourth-order valence-electron chi connectivity index (χ4n) is 1.73. The van der Waals surface area contributed by atoms with Crippen molar-refractivity contribution in [2.75, 3.05) is 6.54 Å². The van der Waals surface area contributed by atoms with E-state index in [9.17, 15) is 0 Å². The molecule has 2 aromatic rings. The molecule has 19 heavy (non-hydrogen) atoms. The second kappa shape index (κ2) is 6.37. The molecule has 0 amide bonds. The van der Waals surface area contributed by atoms with Crippen LogP contribution in [0.5, 0.6) is 0 Å². The number of nitrogens with zero attached hydrogens (tertiary/aromatic N) is 2. The highest BCUT2D eigenvalue weighted by Gasteiger charge is 2.13. The van der Waals surface area contributed by atoms with Crippen LogP contribution in [0.1, 0.15) is 37.2 Å². The van der Waals surface area contributed by atoms with E-state index in [4.69, 9.17) is 27.6 Å². The summed E-state index contributed by atoms with van der Waals surface area (Å²) in [6, 6.07) is 5.52. The minimum Gasteiger partial charge on any atom is -0.423 e. The van der Waals surface area contributed by atoms with Crippen molar-refractivity contribution in [3.05, 3.63) is 45.6 Å². The van der Waals surface area contributed by atoms with E-state index in [1.807, 2.05) is 26.0 Å². The highest BCUT2D eigenvalue weighted by atomic mass is 35.5. The van der Waals surface area contributed by atoms with Crippen molar-refractivity contribution < 1.29 is 4.42 Å². The van der Waals surface area contributed by atoms with Crippen LogP contribution in [0.15, 0.2) is 22.6 Å². The Balaban J connectivity index is 2.09. The van der Waals surface area contributed by atoms with E-state index in [1.165, 1.54) is 0 Å². The summed E-state index contributed by atoms with van der Waals surface area (Å²) >= 11 is 11.8. The Morgan fingerprint density at radius 3 is 2.74 bits per heavy atom. The van der Waals surface area contributed by atoms with Crippen LogP contribution < -0.4 is 5.32 Å². The molecule has 0 aliphatic carbocycles. The normalized spacial score (nSPS) is 12.6. The van der Waals surface area contributed by atoms with E-state index in [-0.39, 0.29) is 6.04 Å². The molecular weight excluding hydrogens is 285 g/mol. The number of benzene rings is 1. The maximum atomic E-state index is 5.97. The van der Waals surface area contributed by atoms with Gasteiger partial charge in [-0.3, -0.25) is 0 Å². The number of hydrogen-bond acceptors (Lipinski definition) is 4. The first-order valence-electron chi connectivity index (χ1n) is 6.09. The molecule has 1 aromatic carbocycles. The largest absolute Gasteiger partial charge is 0.423 e. The van der Waals surface area contributed by atoms with Crippen LogP contribution in [0.25, 0.3) is 0 Å². The maximum absolute atomic E-state index is 5.97. The molecule has 102 valence electrons. The Kier molecular flexibility index (Phi) is 4.80. The van der Waals surface area contributed by atoms with Crippen molar-refractivity contribution in [2.24, 2.45) is 0 Å². The predicted molar refractivity (Wildman–Crippen MR) is 75.7 cm³/mol. The Morgan fingerprint density at radius 1 is 1.26 bits per heavy atom.